The van der Waals surface area contributed by atoms with E-state index in [-0.39, 0.29) is 23.3 Å². The van der Waals surface area contributed by atoms with Crippen molar-refractivity contribution < 1.29 is 22.8 Å². The van der Waals surface area contributed by atoms with Gasteiger partial charge in [-0.25, -0.2) is 18.5 Å². The Bertz CT molecular complexity index is 1890. The summed E-state index contributed by atoms with van der Waals surface area (Å²) in [5, 5.41) is 7.42. The smallest absolute Gasteiger partial charge is 0.308 e. The molecule has 42 heavy (non-hydrogen) atoms. The average Bonchev–Trinajstić information content (AvgIpc) is 3.40. The Morgan fingerprint density at radius 2 is 1.74 bits per heavy atom. The zero-order valence-electron chi connectivity index (χ0n) is 22.0. The molecule has 214 valence electrons. The van der Waals surface area contributed by atoms with Crippen LogP contribution in [-0.4, -0.2) is 40.9 Å². The summed E-state index contributed by atoms with van der Waals surface area (Å²) in [5.74, 6) is -2.65. The number of primary sulfonamides is 1. The second kappa shape index (κ2) is 10.6. The maximum atomic E-state index is 13.9. The molecule has 0 spiro atoms. The Morgan fingerprint density at radius 3 is 2.38 bits per heavy atom. The molecule has 0 bridgehead atoms. The second-order valence-electron chi connectivity index (χ2n) is 9.92. The summed E-state index contributed by atoms with van der Waals surface area (Å²) in [6.07, 6.45) is 3.23. The van der Waals surface area contributed by atoms with Crippen molar-refractivity contribution in [2.75, 3.05) is 10.2 Å². The van der Waals surface area contributed by atoms with E-state index in [4.69, 9.17) is 5.14 Å². The number of carbonyl (C=O) groups excluding carboxylic acids is 3. The van der Waals surface area contributed by atoms with Crippen LogP contribution in [0.15, 0.2) is 87.8 Å². The highest BCUT2D eigenvalue weighted by Gasteiger charge is 2.56. The minimum atomic E-state index is -3.89. The van der Waals surface area contributed by atoms with Crippen molar-refractivity contribution in [3.8, 4) is 0 Å². The van der Waals surface area contributed by atoms with Crippen LogP contribution in [0.1, 0.15) is 21.9 Å². The number of thioether (sulfide) groups is 1. The number of thiazole rings is 1. The lowest BCUT2D eigenvalue weighted by molar-refractivity contribution is -0.122. The molecule has 2 aromatic heterocycles. The maximum Gasteiger partial charge on any atom is 0.308 e. The molecule has 6 rings (SSSR count). The number of hydrogen-bond acceptors (Lipinski definition) is 9. The molecule has 11 nitrogen and oxygen atoms in total. The van der Waals surface area contributed by atoms with Gasteiger partial charge in [0, 0.05) is 28.9 Å². The van der Waals surface area contributed by atoms with E-state index in [2.05, 4.69) is 10.3 Å². The molecule has 1 saturated heterocycles. The van der Waals surface area contributed by atoms with Crippen LogP contribution >= 0.6 is 23.1 Å². The minimum Gasteiger partial charge on any atom is -0.325 e. The fourth-order valence-corrected chi connectivity index (χ4v) is 8.48. The third kappa shape index (κ3) is 4.96. The van der Waals surface area contributed by atoms with E-state index < -0.39 is 37.9 Å². The van der Waals surface area contributed by atoms with Crippen LogP contribution in [0.2, 0.25) is 0 Å². The predicted octanol–water partition coefficient (Wildman–Crippen LogP) is 2.70. The molecule has 0 aliphatic carbocycles. The lowest BCUT2D eigenvalue weighted by atomic mass is 9.84. The summed E-state index contributed by atoms with van der Waals surface area (Å²) < 4.78 is 24.3. The number of nitrogens with one attached hydrogen (secondary N) is 1. The molecular weight excluding hydrogens is 599 g/mol. The minimum absolute atomic E-state index is 0.105. The number of nitrogens with zero attached hydrogens (tertiary/aromatic N) is 3. The molecule has 4 aromatic rings. The molecule has 2 aliphatic heterocycles. The first-order valence-corrected chi connectivity index (χ1v) is 15.9. The van der Waals surface area contributed by atoms with E-state index >= 15 is 0 Å². The molecule has 0 saturated carbocycles. The van der Waals surface area contributed by atoms with Gasteiger partial charge in [0.05, 0.1) is 21.5 Å². The van der Waals surface area contributed by atoms with E-state index in [9.17, 15) is 27.6 Å². The first kappa shape index (κ1) is 28.0. The number of fused-ring (bicyclic) bond motifs is 2. The van der Waals surface area contributed by atoms with Gasteiger partial charge >= 0.3 is 4.87 Å². The van der Waals surface area contributed by atoms with Gasteiger partial charge in [-0.1, -0.05) is 46.9 Å². The molecule has 2 aromatic carbocycles. The molecule has 0 radical (unpaired) electrons. The molecular formula is C28H23N5O6S3. The van der Waals surface area contributed by atoms with Gasteiger partial charge in [0.25, 0.3) is 0 Å². The van der Waals surface area contributed by atoms with Crippen LogP contribution in [0.4, 0.5) is 11.4 Å². The number of aryl methyl sites for hydroxylation is 1. The number of anilines is 2. The van der Waals surface area contributed by atoms with E-state index in [1.54, 1.807) is 30.6 Å². The van der Waals surface area contributed by atoms with Crippen molar-refractivity contribution >= 4 is 62.2 Å². The third-order valence-corrected chi connectivity index (χ3v) is 10.7. The first-order valence-electron chi connectivity index (χ1n) is 12.7. The number of rotatable bonds is 6. The lowest BCUT2D eigenvalue weighted by Gasteiger charge is -2.30. The van der Waals surface area contributed by atoms with Crippen LogP contribution in [0, 0.1) is 12.8 Å². The van der Waals surface area contributed by atoms with Crippen LogP contribution in [0.3, 0.4) is 0 Å². The van der Waals surface area contributed by atoms with Gasteiger partial charge in [0.2, 0.25) is 27.7 Å². The van der Waals surface area contributed by atoms with Gasteiger partial charge in [-0.15, -0.1) is 0 Å². The monoisotopic (exact) mass is 621 g/mol. The highest BCUT2D eigenvalue weighted by atomic mass is 32.2. The number of sulfonamides is 1. The number of hydrogen-bond donors (Lipinski definition) is 2. The molecule has 4 heterocycles. The van der Waals surface area contributed by atoms with Crippen molar-refractivity contribution in [1.82, 2.24) is 9.55 Å². The Labute approximate surface area is 248 Å². The van der Waals surface area contributed by atoms with Crippen molar-refractivity contribution in [2.24, 2.45) is 11.1 Å². The topological polar surface area (TPSA) is 162 Å². The predicted molar refractivity (Wildman–Crippen MR) is 158 cm³/mol. The average molecular weight is 622 g/mol. The van der Waals surface area contributed by atoms with Gasteiger partial charge in [0.15, 0.2) is 0 Å². The Kier molecular flexibility index (Phi) is 7.09. The maximum absolute atomic E-state index is 13.9. The van der Waals surface area contributed by atoms with Crippen LogP contribution < -0.4 is 20.2 Å². The normalized spacial score (nSPS) is 19.9. The fraction of sp³-hybridized carbons (Fsp3) is 0.179. The largest absolute Gasteiger partial charge is 0.325 e. The highest BCUT2D eigenvalue weighted by molar-refractivity contribution is 8.00. The number of benzene rings is 2. The van der Waals surface area contributed by atoms with Crippen LogP contribution in [0.25, 0.3) is 0 Å². The lowest BCUT2D eigenvalue weighted by Crippen LogP contribution is -2.33. The summed E-state index contributed by atoms with van der Waals surface area (Å²) in [7, 11) is -3.89. The first-order chi connectivity index (χ1) is 20.0. The Hall–Kier alpha value is -4.11. The molecule has 1 fully saturated rings. The quantitative estimate of drug-likeness (QED) is 0.311. The van der Waals surface area contributed by atoms with Crippen LogP contribution in [0.5, 0.6) is 0 Å². The summed E-state index contributed by atoms with van der Waals surface area (Å²) in [6.45, 7) is 1.56. The summed E-state index contributed by atoms with van der Waals surface area (Å²) in [4.78, 5) is 59.4. The van der Waals surface area contributed by atoms with Gasteiger partial charge in [-0.2, -0.15) is 0 Å². The molecule has 0 unspecified atom stereocenters. The van der Waals surface area contributed by atoms with Gasteiger partial charge in [-0.3, -0.25) is 28.7 Å². The SMILES string of the molecule is Cc1ccc(N2C(=O)[C@H]3[C@H](c4cccnc4)c4sc(=O)n(CC(=O)Nc5ccc(S(N)(=O)=O)cc5)c4S[C@H]3C2=O)cc1. The highest BCUT2D eigenvalue weighted by Crippen LogP contribution is 2.53. The number of pyridine rings is 1. The number of imide groups is 1. The van der Waals surface area contributed by atoms with Crippen molar-refractivity contribution in [3.05, 3.63) is 98.7 Å². The van der Waals surface area contributed by atoms with E-state index in [0.29, 0.717) is 26.8 Å². The zero-order valence-corrected chi connectivity index (χ0v) is 24.4. The van der Waals surface area contributed by atoms with E-state index in [1.165, 1.54) is 33.7 Å². The number of carbonyl (C=O) groups is 3. The van der Waals surface area contributed by atoms with Crippen molar-refractivity contribution in [2.45, 2.75) is 34.6 Å². The molecule has 3 amide bonds. The summed E-state index contributed by atoms with van der Waals surface area (Å²) >= 11 is 2.06. The number of aromatic nitrogens is 2. The second-order valence-corrected chi connectivity index (χ2v) is 13.6. The number of amides is 3. The molecule has 3 atom stereocenters. The Morgan fingerprint density at radius 1 is 1.02 bits per heavy atom. The molecule has 14 heteroatoms. The summed E-state index contributed by atoms with van der Waals surface area (Å²) in [5.41, 5.74) is 2.47. The third-order valence-electron chi connectivity index (χ3n) is 7.15. The van der Waals surface area contributed by atoms with E-state index in [1.807, 2.05) is 25.1 Å². The summed E-state index contributed by atoms with van der Waals surface area (Å²) in [6, 6.07) is 16.0. The fourth-order valence-electron chi connectivity index (χ4n) is 5.19. The number of nitrogens with two attached hydrogens (primary N) is 1. The zero-order chi connectivity index (χ0) is 29.8. The molecule has 3 N–H and O–H groups in total. The van der Waals surface area contributed by atoms with E-state index in [0.717, 1.165) is 28.7 Å². The standard InChI is InChI=1S/C28H23N5O6S3/c1-15-4-8-18(9-5-15)33-25(35)22-21(16-3-2-12-30-13-16)24-27(40-23(22)26(33)36)32(28(37)41-24)14-20(34)31-17-6-10-19(11-7-17)42(29,38)39/h2-13,21-23H,14H2,1H3,(H,31,34)(H2,29,38,39)/t21-,22-,23+/m0/s1. The van der Waals surface area contributed by atoms with Crippen molar-refractivity contribution in [3.63, 3.8) is 0 Å². The van der Waals surface area contributed by atoms with Crippen molar-refractivity contribution in [1.29, 1.82) is 0 Å². The molecule has 2 aliphatic rings. The van der Waals surface area contributed by atoms with Gasteiger partial charge in [0.1, 0.15) is 11.8 Å². The van der Waals surface area contributed by atoms with Gasteiger partial charge in [-0.05, 0) is 55.0 Å². The van der Waals surface area contributed by atoms with Gasteiger partial charge < -0.3 is 5.32 Å². The van der Waals surface area contributed by atoms with Crippen LogP contribution in [-0.2, 0) is 31.0 Å². The Balaban J connectivity index is 1.35.